The normalized spacial score (nSPS) is 10.9. The number of fused-ring (bicyclic) bond motifs is 1. The highest BCUT2D eigenvalue weighted by molar-refractivity contribution is 14.1. The van der Waals surface area contributed by atoms with Gasteiger partial charge in [0, 0.05) is 32.0 Å². The zero-order chi connectivity index (χ0) is 8.72. The van der Waals surface area contributed by atoms with Crippen molar-refractivity contribution in [1.29, 1.82) is 0 Å². The maximum absolute atomic E-state index is 4.32. The third-order valence-electron chi connectivity index (χ3n) is 1.76. The topological polar surface area (TPSA) is 17.8 Å². The van der Waals surface area contributed by atoms with Gasteiger partial charge in [-0.2, -0.15) is 0 Å². The van der Waals surface area contributed by atoms with Crippen LogP contribution in [0.2, 0.25) is 0 Å². The standard InChI is InChI=1S/C8H6I2N2/c1-12-4-6(10)7-5(9)2-3-11-8(7)12/h2-4H,1H3. The van der Waals surface area contributed by atoms with Crippen LogP contribution in [0.4, 0.5) is 0 Å². The van der Waals surface area contributed by atoms with Crippen molar-refractivity contribution in [1.82, 2.24) is 9.55 Å². The summed E-state index contributed by atoms with van der Waals surface area (Å²) in [5, 5.41) is 1.27. The predicted octanol–water partition coefficient (Wildman–Crippen LogP) is 2.78. The Bertz CT molecular complexity index is 434. The number of hydrogen-bond donors (Lipinski definition) is 0. The van der Waals surface area contributed by atoms with Gasteiger partial charge in [-0.05, 0) is 51.2 Å². The molecule has 0 fully saturated rings. The molecule has 0 unspecified atom stereocenters. The van der Waals surface area contributed by atoms with E-state index in [9.17, 15) is 0 Å². The first kappa shape index (κ1) is 8.74. The Hall–Kier alpha value is 0.150. The van der Waals surface area contributed by atoms with Gasteiger partial charge in [-0.25, -0.2) is 4.98 Å². The molecule has 2 heterocycles. The molecule has 0 radical (unpaired) electrons. The summed E-state index contributed by atoms with van der Waals surface area (Å²) in [6.07, 6.45) is 3.95. The zero-order valence-electron chi connectivity index (χ0n) is 6.38. The van der Waals surface area contributed by atoms with Crippen LogP contribution in [0.15, 0.2) is 18.5 Å². The number of aromatic nitrogens is 2. The fraction of sp³-hybridized carbons (Fsp3) is 0.125. The first-order valence-corrected chi connectivity index (χ1v) is 5.61. The number of halogens is 2. The quantitative estimate of drug-likeness (QED) is 0.640. The van der Waals surface area contributed by atoms with Crippen LogP contribution in [0.25, 0.3) is 11.0 Å². The molecule has 0 spiro atoms. The molecule has 2 aromatic heterocycles. The Balaban J connectivity index is 2.99. The van der Waals surface area contributed by atoms with Crippen molar-refractivity contribution >= 4 is 56.2 Å². The van der Waals surface area contributed by atoms with Gasteiger partial charge < -0.3 is 4.57 Å². The number of hydrogen-bond acceptors (Lipinski definition) is 1. The van der Waals surface area contributed by atoms with E-state index in [0.717, 1.165) is 5.65 Å². The highest BCUT2D eigenvalue weighted by Crippen LogP contribution is 2.24. The third kappa shape index (κ3) is 1.24. The molecule has 0 bridgehead atoms. The van der Waals surface area contributed by atoms with E-state index in [1.54, 1.807) is 0 Å². The average Bonchev–Trinajstić information content (AvgIpc) is 2.29. The largest absolute Gasteiger partial charge is 0.334 e. The lowest BCUT2D eigenvalue weighted by atomic mass is 10.3. The molecule has 2 rings (SSSR count). The van der Waals surface area contributed by atoms with Gasteiger partial charge in [0.2, 0.25) is 0 Å². The molecule has 0 N–H and O–H groups in total. The molecule has 4 heteroatoms. The third-order valence-corrected chi connectivity index (χ3v) is 3.48. The van der Waals surface area contributed by atoms with Gasteiger partial charge in [-0.15, -0.1) is 0 Å². The molecule has 2 aromatic rings. The Kier molecular flexibility index (Phi) is 2.28. The summed E-state index contributed by atoms with van der Waals surface area (Å²) in [6.45, 7) is 0. The zero-order valence-corrected chi connectivity index (χ0v) is 10.7. The highest BCUT2D eigenvalue weighted by atomic mass is 127. The van der Waals surface area contributed by atoms with Crippen molar-refractivity contribution in [2.75, 3.05) is 0 Å². The summed E-state index contributed by atoms with van der Waals surface area (Å²) in [5.74, 6) is 0. The Morgan fingerprint density at radius 3 is 2.75 bits per heavy atom. The van der Waals surface area contributed by atoms with Crippen LogP contribution in [-0.2, 0) is 7.05 Å². The second kappa shape index (κ2) is 3.13. The summed E-state index contributed by atoms with van der Waals surface area (Å²) >= 11 is 4.68. The molecule has 0 aliphatic rings. The Morgan fingerprint density at radius 2 is 2.08 bits per heavy atom. The van der Waals surface area contributed by atoms with Gasteiger partial charge >= 0.3 is 0 Å². The fourth-order valence-corrected chi connectivity index (χ4v) is 3.37. The molecule has 62 valence electrons. The summed E-state index contributed by atoms with van der Waals surface area (Å²) in [6, 6.07) is 2.03. The van der Waals surface area contributed by atoms with Crippen molar-refractivity contribution in [2.45, 2.75) is 0 Å². The van der Waals surface area contributed by atoms with Crippen molar-refractivity contribution in [3.8, 4) is 0 Å². The number of rotatable bonds is 0. The van der Waals surface area contributed by atoms with Crippen LogP contribution in [0.1, 0.15) is 0 Å². The van der Waals surface area contributed by atoms with E-state index in [1.807, 2.05) is 19.3 Å². The molecule has 0 amide bonds. The second-order valence-electron chi connectivity index (χ2n) is 2.58. The molecule has 0 aliphatic heterocycles. The van der Waals surface area contributed by atoms with Crippen LogP contribution in [0.3, 0.4) is 0 Å². The van der Waals surface area contributed by atoms with E-state index in [4.69, 9.17) is 0 Å². The number of pyridine rings is 1. The molecule has 0 aliphatic carbocycles. The molecule has 0 aromatic carbocycles. The lowest BCUT2D eigenvalue weighted by Crippen LogP contribution is -1.87. The summed E-state index contributed by atoms with van der Waals surface area (Å²) in [4.78, 5) is 4.32. The molecule has 0 atom stereocenters. The molecular formula is C8H6I2N2. The van der Waals surface area contributed by atoms with E-state index in [0.29, 0.717) is 0 Å². The smallest absolute Gasteiger partial charge is 0.141 e. The van der Waals surface area contributed by atoms with E-state index in [2.05, 4.69) is 60.9 Å². The van der Waals surface area contributed by atoms with Gasteiger partial charge in [-0.3, -0.25) is 0 Å². The van der Waals surface area contributed by atoms with E-state index >= 15 is 0 Å². The van der Waals surface area contributed by atoms with Gasteiger partial charge in [0.1, 0.15) is 5.65 Å². The first-order chi connectivity index (χ1) is 5.70. The maximum Gasteiger partial charge on any atom is 0.141 e. The minimum atomic E-state index is 1.06. The van der Waals surface area contributed by atoms with Gasteiger partial charge in [0.05, 0.1) is 0 Å². The molecule has 0 saturated heterocycles. The lowest BCUT2D eigenvalue weighted by Gasteiger charge is -1.95. The van der Waals surface area contributed by atoms with Crippen LogP contribution in [0.5, 0.6) is 0 Å². The van der Waals surface area contributed by atoms with E-state index < -0.39 is 0 Å². The highest BCUT2D eigenvalue weighted by Gasteiger charge is 2.07. The maximum atomic E-state index is 4.32. The molecule has 0 saturated carbocycles. The van der Waals surface area contributed by atoms with Gasteiger partial charge in [0.25, 0.3) is 0 Å². The molecule has 12 heavy (non-hydrogen) atoms. The monoisotopic (exact) mass is 384 g/mol. The van der Waals surface area contributed by atoms with Crippen molar-refractivity contribution in [3.05, 3.63) is 25.6 Å². The molecular weight excluding hydrogens is 378 g/mol. The summed E-state index contributed by atoms with van der Waals surface area (Å²) in [5.41, 5.74) is 1.06. The fourth-order valence-electron chi connectivity index (χ4n) is 1.21. The van der Waals surface area contributed by atoms with Crippen molar-refractivity contribution < 1.29 is 0 Å². The minimum Gasteiger partial charge on any atom is -0.334 e. The molecule has 2 nitrogen and oxygen atoms in total. The first-order valence-electron chi connectivity index (χ1n) is 3.45. The predicted molar refractivity (Wildman–Crippen MR) is 66.1 cm³/mol. The minimum absolute atomic E-state index is 1.06. The summed E-state index contributed by atoms with van der Waals surface area (Å²) in [7, 11) is 2.02. The van der Waals surface area contributed by atoms with Crippen molar-refractivity contribution in [2.24, 2.45) is 7.05 Å². The van der Waals surface area contributed by atoms with Crippen molar-refractivity contribution in [3.63, 3.8) is 0 Å². The SMILES string of the molecule is Cn1cc(I)c2c(I)ccnc21. The van der Waals surface area contributed by atoms with E-state index in [1.165, 1.54) is 12.5 Å². The average molecular weight is 384 g/mol. The lowest BCUT2D eigenvalue weighted by molar-refractivity contribution is 0.946. The van der Waals surface area contributed by atoms with Crippen LogP contribution in [-0.4, -0.2) is 9.55 Å². The van der Waals surface area contributed by atoms with Crippen LogP contribution < -0.4 is 0 Å². The Labute approximate surface area is 97.6 Å². The summed E-state index contributed by atoms with van der Waals surface area (Å²) < 4.78 is 4.59. The number of aryl methyl sites for hydroxylation is 1. The van der Waals surface area contributed by atoms with Crippen LogP contribution >= 0.6 is 45.2 Å². The van der Waals surface area contributed by atoms with Gasteiger partial charge in [-0.1, -0.05) is 0 Å². The van der Waals surface area contributed by atoms with Gasteiger partial charge in [0.15, 0.2) is 0 Å². The van der Waals surface area contributed by atoms with Crippen LogP contribution in [0, 0.1) is 7.14 Å². The Morgan fingerprint density at radius 1 is 1.33 bits per heavy atom. The second-order valence-corrected chi connectivity index (χ2v) is 4.90. The van der Waals surface area contributed by atoms with E-state index in [-0.39, 0.29) is 0 Å². The number of nitrogens with zero attached hydrogens (tertiary/aromatic N) is 2.